The summed E-state index contributed by atoms with van der Waals surface area (Å²) in [6, 6.07) is 22.5. The fraction of sp³-hybridized carbons (Fsp3) is 0.174. The van der Waals surface area contributed by atoms with Gasteiger partial charge in [-0.1, -0.05) is 42.5 Å². The number of benzene rings is 3. The van der Waals surface area contributed by atoms with Crippen LogP contribution in [-0.2, 0) is 6.61 Å². The van der Waals surface area contributed by atoms with Crippen molar-refractivity contribution in [2.24, 2.45) is 0 Å². The largest absolute Gasteiger partial charge is 0.488 e. The van der Waals surface area contributed by atoms with Gasteiger partial charge < -0.3 is 14.6 Å². The van der Waals surface area contributed by atoms with E-state index in [0.717, 1.165) is 16.9 Å². The smallest absolute Gasteiger partial charge is 0.166 e. The zero-order valence-electron chi connectivity index (χ0n) is 15.3. The van der Waals surface area contributed by atoms with Crippen molar-refractivity contribution in [1.82, 2.24) is 0 Å². The van der Waals surface area contributed by atoms with Crippen molar-refractivity contribution in [3.8, 4) is 23.3 Å². The summed E-state index contributed by atoms with van der Waals surface area (Å²) in [4.78, 5) is 0. The predicted octanol–water partition coefficient (Wildman–Crippen LogP) is 5.23. The molecule has 1 unspecified atom stereocenters. The third kappa shape index (κ3) is 4.46. The maximum Gasteiger partial charge on any atom is 0.166 e. The number of hydrogen-bond acceptors (Lipinski definition) is 4. The number of aliphatic hydroxyl groups excluding tert-OH is 1. The Balaban J connectivity index is 1.88. The summed E-state index contributed by atoms with van der Waals surface area (Å²) >= 11 is 0. The fourth-order valence-electron chi connectivity index (χ4n) is 2.91. The van der Waals surface area contributed by atoms with Crippen LogP contribution in [0.4, 0.5) is 0 Å². The molecule has 0 fully saturated rings. The van der Waals surface area contributed by atoms with Crippen molar-refractivity contribution in [3.63, 3.8) is 0 Å². The Morgan fingerprint density at radius 3 is 2.30 bits per heavy atom. The molecule has 0 aromatic heterocycles. The van der Waals surface area contributed by atoms with E-state index in [4.69, 9.17) is 14.7 Å². The van der Waals surface area contributed by atoms with Crippen LogP contribution in [0, 0.1) is 25.2 Å². The lowest BCUT2D eigenvalue weighted by Crippen LogP contribution is -2.05. The number of aliphatic hydroxyl groups is 1. The van der Waals surface area contributed by atoms with Crippen molar-refractivity contribution < 1.29 is 14.6 Å². The van der Waals surface area contributed by atoms with Gasteiger partial charge in [0.05, 0.1) is 6.07 Å². The van der Waals surface area contributed by atoms with Crippen LogP contribution in [0.1, 0.15) is 28.4 Å². The van der Waals surface area contributed by atoms with Gasteiger partial charge in [0.15, 0.2) is 6.10 Å². The van der Waals surface area contributed by atoms with Gasteiger partial charge in [-0.3, -0.25) is 0 Å². The molecular weight excluding hydrogens is 338 g/mol. The van der Waals surface area contributed by atoms with Gasteiger partial charge in [-0.25, -0.2) is 0 Å². The molecule has 4 heteroatoms. The summed E-state index contributed by atoms with van der Waals surface area (Å²) in [6.07, 6.45) is -1.22. The van der Waals surface area contributed by atoms with Gasteiger partial charge in [-0.2, -0.15) is 5.26 Å². The molecule has 1 atom stereocenters. The van der Waals surface area contributed by atoms with Gasteiger partial charge in [-0.05, 0) is 54.8 Å². The van der Waals surface area contributed by atoms with Crippen LogP contribution in [0.5, 0.6) is 17.2 Å². The summed E-state index contributed by atoms with van der Waals surface area (Å²) in [7, 11) is 0. The third-order valence-electron chi connectivity index (χ3n) is 4.29. The Bertz CT molecular complexity index is 941. The standard InChI is InChI=1S/C23H21NO3/c1-16-7-6-8-17(2)23(16)26-15-18-13-20(11-12-21(18)22(25)14-24)27-19-9-4-3-5-10-19/h3-13,22,25H,15H2,1-2H3. The molecule has 27 heavy (non-hydrogen) atoms. The molecule has 0 amide bonds. The number of ether oxygens (including phenoxy) is 2. The first-order valence-corrected chi connectivity index (χ1v) is 8.71. The molecule has 0 aliphatic carbocycles. The van der Waals surface area contributed by atoms with E-state index in [9.17, 15) is 5.11 Å². The first-order chi connectivity index (χ1) is 13.1. The Morgan fingerprint density at radius 2 is 1.63 bits per heavy atom. The quantitative estimate of drug-likeness (QED) is 0.612. The Labute approximate surface area is 159 Å². The molecule has 3 rings (SSSR count). The lowest BCUT2D eigenvalue weighted by Gasteiger charge is -2.16. The second kappa shape index (κ2) is 8.39. The van der Waals surface area contributed by atoms with Gasteiger partial charge >= 0.3 is 0 Å². The average Bonchev–Trinajstić information content (AvgIpc) is 2.68. The topological polar surface area (TPSA) is 62.5 Å². The Kier molecular flexibility index (Phi) is 5.75. The lowest BCUT2D eigenvalue weighted by molar-refractivity contribution is 0.229. The first-order valence-electron chi connectivity index (χ1n) is 8.71. The lowest BCUT2D eigenvalue weighted by atomic mass is 10.0. The molecule has 0 saturated heterocycles. The SMILES string of the molecule is Cc1cccc(C)c1OCc1cc(Oc2ccccc2)ccc1C(O)C#N. The van der Waals surface area contributed by atoms with Gasteiger partial charge in [-0.15, -0.1) is 0 Å². The average molecular weight is 359 g/mol. The summed E-state index contributed by atoms with van der Waals surface area (Å²) in [5.74, 6) is 2.15. The van der Waals surface area contributed by atoms with E-state index < -0.39 is 6.10 Å². The number of nitrogens with zero attached hydrogens (tertiary/aromatic N) is 1. The van der Waals surface area contributed by atoms with E-state index >= 15 is 0 Å². The summed E-state index contributed by atoms with van der Waals surface area (Å²) in [6.45, 7) is 4.20. The second-order valence-electron chi connectivity index (χ2n) is 6.32. The summed E-state index contributed by atoms with van der Waals surface area (Å²) in [5.41, 5.74) is 3.30. The minimum atomic E-state index is -1.22. The minimum Gasteiger partial charge on any atom is -0.488 e. The highest BCUT2D eigenvalue weighted by molar-refractivity contribution is 5.43. The minimum absolute atomic E-state index is 0.228. The Hall–Kier alpha value is -3.29. The zero-order valence-corrected chi connectivity index (χ0v) is 15.3. The van der Waals surface area contributed by atoms with Crippen molar-refractivity contribution in [3.05, 3.63) is 89.0 Å². The van der Waals surface area contributed by atoms with E-state index in [1.54, 1.807) is 18.2 Å². The number of nitriles is 1. The van der Waals surface area contributed by atoms with E-state index in [2.05, 4.69) is 0 Å². The molecule has 3 aromatic rings. The van der Waals surface area contributed by atoms with Gasteiger partial charge in [0.25, 0.3) is 0 Å². The number of para-hydroxylation sites is 2. The highest BCUT2D eigenvalue weighted by atomic mass is 16.5. The zero-order chi connectivity index (χ0) is 19.2. The maximum atomic E-state index is 10.0. The van der Waals surface area contributed by atoms with Crippen LogP contribution in [0.2, 0.25) is 0 Å². The highest BCUT2D eigenvalue weighted by Gasteiger charge is 2.15. The normalized spacial score (nSPS) is 11.5. The van der Waals surface area contributed by atoms with E-state index in [-0.39, 0.29) is 6.61 Å². The van der Waals surface area contributed by atoms with E-state index in [0.29, 0.717) is 22.6 Å². The number of aryl methyl sites for hydroxylation is 2. The predicted molar refractivity (Wildman–Crippen MR) is 104 cm³/mol. The van der Waals surface area contributed by atoms with Crippen molar-refractivity contribution >= 4 is 0 Å². The molecule has 4 nitrogen and oxygen atoms in total. The maximum absolute atomic E-state index is 10.0. The number of rotatable bonds is 6. The van der Waals surface area contributed by atoms with Crippen molar-refractivity contribution in [2.75, 3.05) is 0 Å². The molecular formula is C23H21NO3. The van der Waals surface area contributed by atoms with Crippen LogP contribution in [-0.4, -0.2) is 5.11 Å². The van der Waals surface area contributed by atoms with Crippen LogP contribution >= 0.6 is 0 Å². The second-order valence-corrected chi connectivity index (χ2v) is 6.32. The molecule has 3 aromatic carbocycles. The molecule has 0 radical (unpaired) electrons. The van der Waals surface area contributed by atoms with Gasteiger partial charge in [0.2, 0.25) is 0 Å². The van der Waals surface area contributed by atoms with E-state index in [1.807, 2.05) is 68.4 Å². The molecule has 0 aliphatic rings. The third-order valence-corrected chi connectivity index (χ3v) is 4.29. The first kappa shape index (κ1) is 18.5. The summed E-state index contributed by atoms with van der Waals surface area (Å²) in [5, 5.41) is 19.2. The summed E-state index contributed by atoms with van der Waals surface area (Å²) < 4.78 is 11.9. The molecule has 1 N–H and O–H groups in total. The van der Waals surface area contributed by atoms with Gasteiger partial charge in [0, 0.05) is 5.56 Å². The van der Waals surface area contributed by atoms with Crippen LogP contribution in [0.3, 0.4) is 0 Å². The number of hydrogen-bond donors (Lipinski definition) is 1. The van der Waals surface area contributed by atoms with E-state index in [1.165, 1.54) is 0 Å². The molecule has 136 valence electrons. The highest BCUT2D eigenvalue weighted by Crippen LogP contribution is 2.29. The van der Waals surface area contributed by atoms with Crippen LogP contribution in [0.25, 0.3) is 0 Å². The molecule has 0 spiro atoms. The fourth-order valence-corrected chi connectivity index (χ4v) is 2.91. The molecule has 0 heterocycles. The Morgan fingerprint density at radius 1 is 0.926 bits per heavy atom. The molecule has 0 aliphatic heterocycles. The molecule has 0 bridgehead atoms. The van der Waals surface area contributed by atoms with Crippen molar-refractivity contribution in [2.45, 2.75) is 26.6 Å². The monoisotopic (exact) mass is 359 g/mol. The van der Waals surface area contributed by atoms with Gasteiger partial charge in [0.1, 0.15) is 23.9 Å². The van der Waals surface area contributed by atoms with Crippen LogP contribution < -0.4 is 9.47 Å². The molecule has 0 saturated carbocycles. The van der Waals surface area contributed by atoms with Crippen molar-refractivity contribution in [1.29, 1.82) is 5.26 Å². The van der Waals surface area contributed by atoms with Crippen LogP contribution in [0.15, 0.2) is 66.7 Å².